The SMILES string of the molecule is CCCCCCCC/C=C\CCCCCCCC(=O)O[C@H](COC(=O)CCCCCCCCCCCCCCC)COP(=O)([O-])OCCNC. The molecule has 2 atom stereocenters. The Bertz CT molecular complexity index is 840. The monoisotopic (exact) mass is 731 g/mol. The van der Waals surface area contributed by atoms with E-state index in [1.165, 1.54) is 109 Å². The quantitative estimate of drug-likeness (QED) is 0.0285. The number of phosphoric ester groups is 1. The molecule has 0 aliphatic carbocycles. The molecule has 0 saturated heterocycles. The Balaban J connectivity index is 4.25. The second-order valence-electron chi connectivity index (χ2n) is 13.8. The molecule has 296 valence electrons. The van der Waals surface area contributed by atoms with Gasteiger partial charge in [0.1, 0.15) is 6.61 Å². The molecule has 0 heterocycles. The van der Waals surface area contributed by atoms with Crippen molar-refractivity contribution in [3.63, 3.8) is 0 Å². The van der Waals surface area contributed by atoms with Gasteiger partial charge in [-0.2, -0.15) is 0 Å². The molecule has 0 aliphatic rings. The zero-order chi connectivity index (χ0) is 36.8. The van der Waals surface area contributed by atoms with Gasteiger partial charge in [0, 0.05) is 19.4 Å². The van der Waals surface area contributed by atoms with Crippen molar-refractivity contribution in [3.8, 4) is 0 Å². The van der Waals surface area contributed by atoms with Gasteiger partial charge >= 0.3 is 11.9 Å². The Kier molecular flexibility index (Phi) is 36.6. The fourth-order valence-electron chi connectivity index (χ4n) is 5.72. The minimum atomic E-state index is -4.59. The van der Waals surface area contributed by atoms with Crippen LogP contribution in [0.3, 0.4) is 0 Å². The second kappa shape index (κ2) is 37.5. The first-order valence-electron chi connectivity index (χ1n) is 20.6. The summed E-state index contributed by atoms with van der Waals surface area (Å²) in [7, 11) is -2.91. The van der Waals surface area contributed by atoms with Crippen LogP contribution < -0.4 is 10.2 Å². The van der Waals surface area contributed by atoms with E-state index in [1.54, 1.807) is 7.05 Å². The number of hydrogen-bond acceptors (Lipinski definition) is 9. The molecule has 0 amide bonds. The van der Waals surface area contributed by atoms with Crippen molar-refractivity contribution in [2.75, 3.05) is 33.4 Å². The van der Waals surface area contributed by atoms with Gasteiger partial charge in [-0.3, -0.25) is 14.2 Å². The highest BCUT2D eigenvalue weighted by atomic mass is 31.2. The molecule has 1 N–H and O–H groups in total. The van der Waals surface area contributed by atoms with E-state index >= 15 is 0 Å². The van der Waals surface area contributed by atoms with Gasteiger partial charge in [0.05, 0.1) is 13.2 Å². The highest BCUT2D eigenvalue weighted by Crippen LogP contribution is 2.38. The van der Waals surface area contributed by atoms with Crippen LogP contribution in [0.2, 0.25) is 0 Å². The number of nitrogens with one attached hydrogen (secondary N) is 1. The standard InChI is InChI=1S/C40H78NO8P/c1-4-6-8-10-12-14-16-18-19-21-23-25-27-29-31-33-40(43)49-38(37-48-50(44,45)47-35-34-41-3)36-46-39(42)32-30-28-26-24-22-20-17-15-13-11-9-7-5-2/h18-19,38,41H,4-17,20-37H2,1-3H3,(H,44,45)/p-1/b19-18-/t38-/m1/s1. The maximum absolute atomic E-state index is 12.6. The summed E-state index contributed by atoms with van der Waals surface area (Å²) < 4.78 is 32.7. The Morgan fingerprint density at radius 3 is 1.48 bits per heavy atom. The van der Waals surface area contributed by atoms with Gasteiger partial charge in [-0.05, 0) is 45.6 Å². The average molecular weight is 731 g/mol. The molecule has 0 bridgehead atoms. The Morgan fingerprint density at radius 1 is 0.600 bits per heavy atom. The molecule has 9 nitrogen and oxygen atoms in total. The third-order valence-corrected chi connectivity index (χ3v) is 9.84. The summed E-state index contributed by atoms with van der Waals surface area (Å²) in [6.45, 7) is 4.02. The fourth-order valence-corrected chi connectivity index (χ4v) is 6.46. The largest absolute Gasteiger partial charge is 0.756 e. The average Bonchev–Trinajstić information content (AvgIpc) is 3.09. The van der Waals surface area contributed by atoms with Crippen molar-refractivity contribution in [1.29, 1.82) is 0 Å². The molecule has 0 saturated carbocycles. The molecular formula is C40H77NO8P-. The Labute approximate surface area is 307 Å². The number of esters is 2. The summed E-state index contributed by atoms with van der Waals surface area (Å²) in [6, 6.07) is 0. The van der Waals surface area contributed by atoms with E-state index in [0.29, 0.717) is 13.0 Å². The van der Waals surface area contributed by atoms with Gasteiger partial charge in [-0.15, -0.1) is 0 Å². The maximum atomic E-state index is 12.6. The minimum absolute atomic E-state index is 0.0781. The molecule has 50 heavy (non-hydrogen) atoms. The predicted molar refractivity (Wildman–Crippen MR) is 204 cm³/mol. The highest BCUT2D eigenvalue weighted by molar-refractivity contribution is 7.45. The van der Waals surface area contributed by atoms with Crippen LogP contribution in [-0.4, -0.2) is 51.5 Å². The summed E-state index contributed by atoms with van der Waals surface area (Å²) in [5.74, 6) is -0.845. The van der Waals surface area contributed by atoms with Crippen LogP contribution in [0, 0.1) is 0 Å². The van der Waals surface area contributed by atoms with E-state index in [0.717, 1.165) is 51.4 Å². The van der Waals surface area contributed by atoms with Crippen molar-refractivity contribution in [2.45, 2.75) is 200 Å². The van der Waals surface area contributed by atoms with Gasteiger partial charge in [0.2, 0.25) is 0 Å². The predicted octanol–water partition coefficient (Wildman–Crippen LogP) is 10.7. The zero-order valence-electron chi connectivity index (χ0n) is 32.6. The molecule has 0 fully saturated rings. The summed E-state index contributed by atoms with van der Waals surface area (Å²) >= 11 is 0. The molecule has 1 unspecified atom stereocenters. The number of ether oxygens (including phenoxy) is 2. The lowest BCUT2D eigenvalue weighted by atomic mass is 10.0. The molecule has 0 aliphatic heterocycles. The van der Waals surface area contributed by atoms with Crippen LogP contribution in [-0.2, 0) is 32.7 Å². The number of phosphoric acid groups is 1. The third kappa shape index (κ3) is 36.5. The van der Waals surface area contributed by atoms with Crippen molar-refractivity contribution in [1.82, 2.24) is 5.32 Å². The van der Waals surface area contributed by atoms with Gasteiger partial charge in [0.25, 0.3) is 7.82 Å². The second-order valence-corrected chi connectivity index (χ2v) is 15.2. The minimum Gasteiger partial charge on any atom is -0.756 e. The topological polar surface area (TPSA) is 123 Å². The summed E-state index contributed by atoms with van der Waals surface area (Å²) in [5, 5.41) is 2.79. The normalized spacial score (nSPS) is 13.4. The maximum Gasteiger partial charge on any atom is 0.306 e. The highest BCUT2D eigenvalue weighted by Gasteiger charge is 2.21. The third-order valence-electron chi connectivity index (χ3n) is 8.88. The molecule has 0 aromatic heterocycles. The van der Waals surface area contributed by atoms with E-state index < -0.39 is 26.5 Å². The number of allylic oxidation sites excluding steroid dienone is 2. The number of unbranched alkanes of at least 4 members (excludes halogenated alkanes) is 23. The number of hydrogen-bond donors (Lipinski definition) is 1. The van der Waals surface area contributed by atoms with Crippen molar-refractivity contribution >= 4 is 19.8 Å². The van der Waals surface area contributed by atoms with Crippen LogP contribution in [0.5, 0.6) is 0 Å². The zero-order valence-corrected chi connectivity index (χ0v) is 33.5. The number of rotatable bonds is 39. The molecule has 10 heteroatoms. The summed E-state index contributed by atoms with van der Waals surface area (Å²) in [5.41, 5.74) is 0. The van der Waals surface area contributed by atoms with Crippen LogP contribution >= 0.6 is 7.82 Å². The Hall–Kier alpha value is -1.25. The van der Waals surface area contributed by atoms with Crippen molar-refractivity contribution in [2.24, 2.45) is 0 Å². The van der Waals surface area contributed by atoms with Crippen LogP contribution in [0.1, 0.15) is 194 Å². The molecule has 0 aromatic rings. The first-order chi connectivity index (χ1) is 24.3. The lowest BCUT2D eigenvalue weighted by Crippen LogP contribution is -2.30. The number of likely N-dealkylation sites (N-methyl/N-ethyl adjacent to an activating group) is 1. The van der Waals surface area contributed by atoms with E-state index in [-0.39, 0.29) is 32.0 Å². The summed E-state index contributed by atoms with van der Waals surface area (Å²) in [6.07, 6.45) is 35.1. The number of carbonyl (C=O) groups is 2. The molecule has 0 aromatic carbocycles. The van der Waals surface area contributed by atoms with E-state index in [2.05, 4.69) is 31.3 Å². The van der Waals surface area contributed by atoms with Crippen LogP contribution in [0.15, 0.2) is 12.2 Å². The smallest absolute Gasteiger partial charge is 0.306 e. The van der Waals surface area contributed by atoms with Crippen molar-refractivity contribution in [3.05, 3.63) is 12.2 Å². The number of carbonyl (C=O) groups excluding carboxylic acids is 2. The van der Waals surface area contributed by atoms with Crippen LogP contribution in [0.25, 0.3) is 0 Å². The fraction of sp³-hybridized carbons (Fsp3) is 0.900. The van der Waals surface area contributed by atoms with Crippen LogP contribution in [0.4, 0.5) is 0 Å². The molecule has 0 radical (unpaired) electrons. The van der Waals surface area contributed by atoms with E-state index in [1.807, 2.05) is 0 Å². The summed E-state index contributed by atoms with van der Waals surface area (Å²) in [4.78, 5) is 37.1. The molecular weight excluding hydrogens is 653 g/mol. The van der Waals surface area contributed by atoms with Gasteiger partial charge < -0.3 is 28.7 Å². The molecule has 0 rings (SSSR count). The van der Waals surface area contributed by atoms with E-state index in [4.69, 9.17) is 18.5 Å². The van der Waals surface area contributed by atoms with Gasteiger partial charge in [-0.1, -0.05) is 154 Å². The van der Waals surface area contributed by atoms with Crippen molar-refractivity contribution < 1.29 is 37.6 Å². The lowest BCUT2D eigenvalue weighted by molar-refractivity contribution is -0.228. The van der Waals surface area contributed by atoms with Gasteiger partial charge in [0.15, 0.2) is 6.10 Å². The van der Waals surface area contributed by atoms with Gasteiger partial charge in [-0.25, -0.2) is 0 Å². The first-order valence-corrected chi connectivity index (χ1v) is 22.1. The first kappa shape index (κ1) is 48.8. The Morgan fingerprint density at radius 2 is 1.02 bits per heavy atom. The lowest BCUT2D eigenvalue weighted by Gasteiger charge is -2.25. The van der Waals surface area contributed by atoms with E-state index in [9.17, 15) is 19.0 Å². The molecule has 0 spiro atoms.